The van der Waals surface area contributed by atoms with Crippen LogP contribution in [-0.2, 0) is 24.2 Å². The van der Waals surface area contributed by atoms with E-state index in [0.29, 0.717) is 0 Å². The molecule has 1 aromatic carbocycles. The van der Waals surface area contributed by atoms with Gasteiger partial charge in [0.05, 0.1) is 18.7 Å². The van der Waals surface area contributed by atoms with Gasteiger partial charge in [-0.05, 0) is 37.0 Å². The fourth-order valence-electron chi connectivity index (χ4n) is 3.76. The Kier molecular flexibility index (Phi) is 3.51. The molecule has 3 heterocycles. The molecule has 0 N–H and O–H groups in total. The molecule has 2 aliphatic rings. The predicted octanol–water partition coefficient (Wildman–Crippen LogP) is 2.09. The first-order chi connectivity index (χ1) is 10.7. The van der Waals surface area contributed by atoms with Crippen LogP contribution >= 0.6 is 0 Å². The second kappa shape index (κ2) is 5.52. The minimum atomic E-state index is 0.193. The number of ether oxygens (including phenoxy) is 1. The van der Waals surface area contributed by atoms with Crippen LogP contribution in [0.1, 0.15) is 23.1 Å². The lowest BCUT2D eigenvalue weighted by molar-refractivity contribution is 0.0342. The summed E-state index contributed by atoms with van der Waals surface area (Å²) in [6, 6.07) is 4.42. The Balaban J connectivity index is 1.81. The fraction of sp³-hybridized carbons (Fsp3) is 0.500. The number of pyridine rings is 1. The van der Waals surface area contributed by atoms with Gasteiger partial charge in [-0.2, -0.15) is 0 Å². The first-order valence-corrected chi connectivity index (χ1v) is 8.18. The Morgan fingerprint density at radius 1 is 1.18 bits per heavy atom. The number of benzene rings is 1. The number of rotatable bonds is 2. The number of aromatic nitrogens is 1. The summed E-state index contributed by atoms with van der Waals surface area (Å²) >= 11 is 0. The molecule has 0 unspecified atom stereocenters. The van der Waals surface area contributed by atoms with E-state index in [2.05, 4.69) is 21.6 Å². The molecular formula is C18H22N2O2. The molecule has 0 bridgehead atoms. The summed E-state index contributed by atoms with van der Waals surface area (Å²) in [6.45, 7) is 7.44. The van der Waals surface area contributed by atoms with E-state index in [1.54, 1.807) is 0 Å². The van der Waals surface area contributed by atoms with Gasteiger partial charge in [0, 0.05) is 43.3 Å². The highest BCUT2D eigenvalue weighted by Crippen LogP contribution is 2.26. The quantitative estimate of drug-likeness (QED) is 0.851. The third-order valence-corrected chi connectivity index (χ3v) is 4.84. The van der Waals surface area contributed by atoms with Crippen LogP contribution in [0.2, 0.25) is 0 Å². The second-order valence-corrected chi connectivity index (χ2v) is 6.48. The maximum atomic E-state index is 12.6. The van der Waals surface area contributed by atoms with Crippen LogP contribution in [0.15, 0.2) is 23.1 Å². The standard InChI is InChI=1S/C18H22N2O2/c1-13-11-20-4-2-3-15-9-14(10-16(17(15)20)18(13)21)12-19-5-7-22-8-6-19/h9-11H,2-8,12H2,1H3. The van der Waals surface area contributed by atoms with Crippen molar-refractivity contribution in [1.82, 2.24) is 9.47 Å². The van der Waals surface area contributed by atoms with Crippen molar-refractivity contribution in [1.29, 1.82) is 0 Å². The lowest BCUT2D eigenvalue weighted by atomic mass is 9.97. The van der Waals surface area contributed by atoms with Crippen molar-refractivity contribution < 1.29 is 4.74 Å². The van der Waals surface area contributed by atoms with Gasteiger partial charge in [0.2, 0.25) is 0 Å². The summed E-state index contributed by atoms with van der Waals surface area (Å²) in [4.78, 5) is 15.0. The number of hydrogen-bond acceptors (Lipinski definition) is 3. The Hall–Kier alpha value is -1.65. The molecule has 0 amide bonds. The van der Waals surface area contributed by atoms with Gasteiger partial charge in [0.25, 0.3) is 0 Å². The van der Waals surface area contributed by atoms with Gasteiger partial charge >= 0.3 is 0 Å². The molecule has 2 aromatic rings. The lowest BCUT2D eigenvalue weighted by Crippen LogP contribution is -2.35. The summed E-state index contributed by atoms with van der Waals surface area (Å²) in [5.74, 6) is 0. The topological polar surface area (TPSA) is 34.5 Å². The van der Waals surface area contributed by atoms with Crippen LogP contribution in [0.5, 0.6) is 0 Å². The van der Waals surface area contributed by atoms with Gasteiger partial charge in [-0.15, -0.1) is 0 Å². The zero-order valence-electron chi connectivity index (χ0n) is 13.1. The Labute approximate surface area is 130 Å². The largest absolute Gasteiger partial charge is 0.379 e. The minimum absolute atomic E-state index is 0.193. The van der Waals surface area contributed by atoms with Crippen molar-refractivity contribution in [3.63, 3.8) is 0 Å². The normalized spacial score (nSPS) is 18.8. The molecule has 4 rings (SSSR count). The lowest BCUT2D eigenvalue weighted by Gasteiger charge is -2.27. The fourth-order valence-corrected chi connectivity index (χ4v) is 3.76. The summed E-state index contributed by atoms with van der Waals surface area (Å²) in [5.41, 5.74) is 4.80. The average Bonchev–Trinajstić information content (AvgIpc) is 2.53. The van der Waals surface area contributed by atoms with Crippen molar-refractivity contribution in [2.24, 2.45) is 0 Å². The van der Waals surface area contributed by atoms with Crippen molar-refractivity contribution >= 4 is 10.9 Å². The van der Waals surface area contributed by atoms with Crippen LogP contribution in [0, 0.1) is 6.92 Å². The van der Waals surface area contributed by atoms with E-state index < -0.39 is 0 Å². The average molecular weight is 298 g/mol. The molecule has 1 saturated heterocycles. The van der Waals surface area contributed by atoms with E-state index in [1.165, 1.54) is 11.1 Å². The summed E-state index contributed by atoms with van der Waals surface area (Å²) in [7, 11) is 0. The summed E-state index contributed by atoms with van der Waals surface area (Å²) in [6.07, 6.45) is 4.26. The molecule has 116 valence electrons. The van der Waals surface area contributed by atoms with Crippen molar-refractivity contribution in [3.05, 3.63) is 45.2 Å². The van der Waals surface area contributed by atoms with Crippen molar-refractivity contribution in [2.45, 2.75) is 32.9 Å². The number of morpholine rings is 1. The maximum absolute atomic E-state index is 12.6. The smallest absolute Gasteiger partial charge is 0.192 e. The molecule has 4 nitrogen and oxygen atoms in total. The van der Waals surface area contributed by atoms with Crippen LogP contribution in [0.3, 0.4) is 0 Å². The van der Waals surface area contributed by atoms with Gasteiger partial charge < -0.3 is 9.30 Å². The Morgan fingerprint density at radius 2 is 2.00 bits per heavy atom. The van der Waals surface area contributed by atoms with Crippen LogP contribution in [-0.4, -0.2) is 35.8 Å². The zero-order valence-corrected chi connectivity index (χ0v) is 13.1. The van der Waals surface area contributed by atoms with Crippen LogP contribution in [0.25, 0.3) is 10.9 Å². The van der Waals surface area contributed by atoms with E-state index >= 15 is 0 Å². The van der Waals surface area contributed by atoms with Gasteiger partial charge in [0.1, 0.15) is 0 Å². The molecule has 4 heteroatoms. The van der Waals surface area contributed by atoms with Crippen LogP contribution in [0.4, 0.5) is 0 Å². The highest BCUT2D eigenvalue weighted by atomic mass is 16.5. The third-order valence-electron chi connectivity index (χ3n) is 4.84. The van der Waals surface area contributed by atoms with Gasteiger partial charge in [0.15, 0.2) is 5.43 Å². The van der Waals surface area contributed by atoms with Crippen molar-refractivity contribution in [2.75, 3.05) is 26.3 Å². The SMILES string of the molecule is Cc1cn2c3c(cc(CN4CCOCC4)cc3c1=O)CCC2. The van der Waals surface area contributed by atoms with E-state index in [-0.39, 0.29) is 5.43 Å². The number of hydrogen-bond donors (Lipinski definition) is 0. The minimum Gasteiger partial charge on any atom is -0.379 e. The molecule has 1 aromatic heterocycles. The first kappa shape index (κ1) is 14.0. The highest BCUT2D eigenvalue weighted by molar-refractivity contribution is 5.84. The van der Waals surface area contributed by atoms with E-state index in [9.17, 15) is 4.79 Å². The molecule has 0 radical (unpaired) electrons. The molecule has 0 atom stereocenters. The monoisotopic (exact) mass is 298 g/mol. The first-order valence-electron chi connectivity index (χ1n) is 8.18. The highest BCUT2D eigenvalue weighted by Gasteiger charge is 2.17. The van der Waals surface area contributed by atoms with E-state index in [1.807, 2.05) is 13.1 Å². The third kappa shape index (κ3) is 2.36. The van der Waals surface area contributed by atoms with E-state index in [4.69, 9.17) is 4.74 Å². The Morgan fingerprint density at radius 3 is 2.82 bits per heavy atom. The van der Waals surface area contributed by atoms with E-state index in [0.717, 1.165) is 68.7 Å². The van der Waals surface area contributed by atoms with Gasteiger partial charge in [-0.1, -0.05) is 6.07 Å². The molecule has 0 saturated carbocycles. The predicted molar refractivity (Wildman–Crippen MR) is 87.4 cm³/mol. The summed E-state index contributed by atoms with van der Waals surface area (Å²) in [5, 5.41) is 0.903. The molecule has 1 fully saturated rings. The Bertz CT molecular complexity index is 773. The molecule has 2 aliphatic heterocycles. The maximum Gasteiger partial charge on any atom is 0.192 e. The number of nitrogens with zero attached hydrogens (tertiary/aromatic N) is 2. The number of aryl methyl sites for hydroxylation is 3. The summed E-state index contributed by atoms with van der Waals surface area (Å²) < 4.78 is 7.68. The molecular weight excluding hydrogens is 276 g/mol. The molecule has 0 spiro atoms. The van der Waals surface area contributed by atoms with Crippen molar-refractivity contribution in [3.8, 4) is 0 Å². The molecule has 22 heavy (non-hydrogen) atoms. The van der Waals surface area contributed by atoms with Crippen LogP contribution < -0.4 is 5.43 Å². The van der Waals surface area contributed by atoms with Gasteiger partial charge in [-0.3, -0.25) is 9.69 Å². The molecule has 0 aliphatic carbocycles. The second-order valence-electron chi connectivity index (χ2n) is 6.48. The zero-order chi connectivity index (χ0) is 15.1. The van der Waals surface area contributed by atoms with Gasteiger partial charge in [-0.25, -0.2) is 0 Å².